The van der Waals surface area contributed by atoms with Crippen molar-refractivity contribution in [3.05, 3.63) is 75.7 Å². The third-order valence-corrected chi connectivity index (χ3v) is 4.99. The van der Waals surface area contributed by atoms with Gasteiger partial charge in [0.25, 0.3) is 5.91 Å². The molecule has 0 radical (unpaired) electrons. The molecule has 1 amide bonds. The number of H-pyrrole nitrogens is 1. The van der Waals surface area contributed by atoms with Crippen LogP contribution in [0, 0.1) is 6.92 Å². The second-order valence-electron chi connectivity index (χ2n) is 6.84. The van der Waals surface area contributed by atoms with Crippen LogP contribution in [0.3, 0.4) is 0 Å². The summed E-state index contributed by atoms with van der Waals surface area (Å²) >= 11 is 0. The van der Waals surface area contributed by atoms with Crippen LogP contribution in [0.5, 0.6) is 5.75 Å². The minimum absolute atomic E-state index is 0.0232. The smallest absolute Gasteiger partial charge is 0.270 e. The number of amides is 1. The number of nitrogens with one attached hydrogen (secondary N) is 1. The number of hydrogen-bond donors (Lipinski definition) is 1. The molecular formula is C20H21N5O3. The van der Waals surface area contributed by atoms with E-state index in [0.29, 0.717) is 13.1 Å². The first-order valence-electron chi connectivity index (χ1n) is 9.07. The number of aryl methyl sites for hydroxylation is 1. The van der Waals surface area contributed by atoms with Crippen molar-refractivity contribution in [1.82, 2.24) is 24.6 Å². The number of fused-ring (bicyclic) bond motifs is 1. The van der Waals surface area contributed by atoms with E-state index in [9.17, 15) is 9.59 Å². The van der Waals surface area contributed by atoms with E-state index in [1.807, 2.05) is 25.1 Å². The Morgan fingerprint density at radius 1 is 1.29 bits per heavy atom. The summed E-state index contributed by atoms with van der Waals surface area (Å²) in [5, 5.41) is 8.44. The summed E-state index contributed by atoms with van der Waals surface area (Å²) in [5.74, 6) is 1.51. The maximum Gasteiger partial charge on any atom is 0.270 e. The third kappa shape index (κ3) is 3.28. The molecule has 0 bridgehead atoms. The number of pyridine rings is 1. The van der Waals surface area contributed by atoms with E-state index >= 15 is 0 Å². The molecule has 1 atom stereocenters. The first kappa shape index (κ1) is 18.0. The Bertz CT molecular complexity index is 1060. The predicted molar refractivity (Wildman–Crippen MR) is 102 cm³/mol. The molecule has 1 aliphatic heterocycles. The molecule has 144 valence electrons. The molecule has 3 heterocycles. The zero-order chi connectivity index (χ0) is 19.7. The van der Waals surface area contributed by atoms with Gasteiger partial charge in [-0.05, 0) is 18.9 Å². The molecule has 0 aliphatic carbocycles. The molecule has 0 saturated carbocycles. The minimum atomic E-state index is -0.332. The van der Waals surface area contributed by atoms with Gasteiger partial charge in [-0.2, -0.15) is 0 Å². The maximum absolute atomic E-state index is 13.0. The predicted octanol–water partition coefficient (Wildman–Crippen LogP) is 1.72. The first-order chi connectivity index (χ1) is 13.6. The Balaban J connectivity index is 1.63. The van der Waals surface area contributed by atoms with E-state index in [2.05, 4.69) is 31.9 Å². The van der Waals surface area contributed by atoms with Gasteiger partial charge in [-0.3, -0.25) is 9.59 Å². The zero-order valence-corrected chi connectivity index (χ0v) is 15.8. The Morgan fingerprint density at radius 2 is 2.07 bits per heavy atom. The molecular weight excluding hydrogens is 358 g/mol. The molecule has 1 aromatic carbocycles. The largest absolute Gasteiger partial charge is 0.491 e. The molecule has 8 heteroatoms. The number of rotatable bonds is 4. The SMILES string of the molecule is COc1c[nH]c(C(=O)N2Cc3nnc(C)n3[C@H](Cc3ccccc3)C2)cc1=O. The lowest BCUT2D eigenvalue weighted by Gasteiger charge is -2.34. The first-order valence-corrected chi connectivity index (χ1v) is 9.07. The number of carbonyl (C=O) groups is 1. The molecule has 0 spiro atoms. The average molecular weight is 379 g/mol. The molecule has 0 fully saturated rings. The summed E-state index contributed by atoms with van der Waals surface area (Å²) in [4.78, 5) is 29.6. The summed E-state index contributed by atoms with van der Waals surface area (Å²) in [6, 6.07) is 11.4. The molecule has 1 aliphatic rings. The number of carbonyl (C=O) groups excluding carboxylic acids is 1. The number of hydrogen-bond acceptors (Lipinski definition) is 5. The van der Waals surface area contributed by atoms with E-state index in [0.717, 1.165) is 18.1 Å². The molecule has 1 N–H and O–H groups in total. The van der Waals surface area contributed by atoms with E-state index in [-0.39, 0.29) is 28.8 Å². The summed E-state index contributed by atoms with van der Waals surface area (Å²) in [7, 11) is 1.42. The molecule has 0 saturated heterocycles. The number of nitrogens with zero attached hydrogens (tertiary/aromatic N) is 4. The Labute approximate surface area is 161 Å². The fraction of sp³-hybridized carbons (Fsp3) is 0.300. The molecule has 4 rings (SSSR count). The van der Waals surface area contributed by atoms with Crippen LogP contribution in [-0.4, -0.2) is 44.2 Å². The van der Waals surface area contributed by atoms with Crippen LogP contribution in [0.25, 0.3) is 0 Å². The standard InChI is InChI=1S/C20H21N5O3/c1-13-22-23-19-12-24(20(27)16-9-17(26)18(28-2)10-21-16)11-15(25(13)19)8-14-6-4-3-5-7-14/h3-7,9-10,15H,8,11-12H2,1-2H3,(H,21,26)/t15-/m1/s1. The van der Waals surface area contributed by atoms with Crippen molar-refractivity contribution in [2.24, 2.45) is 0 Å². The van der Waals surface area contributed by atoms with Crippen LogP contribution in [0.15, 0.2) is 47.4 Å². The van der Waals surface area contributed by atoms with Crippen molar-refractivity contribution in [2.75, 3.05) is 13.7 Å². The van der Waals surface area contributed by atoms with Crippen molar-refractivity contribution in [3.63, 3.8) is 0 Å². The van der Waals surface area contributed by atoms with Gasteiger partial charge in [-0.15, -0.1) is 10.2 Å². The van der Waals surface area contributed by atoms with E-state index in [4.69, 9.17) is 4.74 Å². The van der Waals surface area contributed by atoms with Crippen LogP contribution < -0.4 is 10.2 Å². The summed E-state index contributed by atoms with van der Waals surface area (Å²) in [6.07, 6.45) is 2.17. The van der Waals surface area contributed by atoms with Crippen LogP contribution in [0.2, 0.25) is 0 Å². The second-order valence-corrected chi connectivity index (χ2v) is 6.84. The zero-order valence-electron chi connectivity index (χ0n) is 15.8. The minimum Gasteiger partial charge on any atom is -0.491 e. The highest BCUT2D eigenvalue weighted by atomic mass is 16.5. The summed E-state index contributed by atoms with van der Waals surface area (Å²) in [5.41, 5.74) is 1.08. The topological polar surface area (TPSA) is 93.1 Å². The highest BCUT2D eigenvalue weighted by Crippen LogP contribution is 2.26. The van der Waals surface area contributed by atoms with Crippen LogP contribution in [0.4, 0.5) is 0 Å². The van der Waals surface area contributed by atoms with Crippen LogP contribution in [-0.2, 0) is 13.0 Å². The lowest BCUT2D eigenvalue weighted by molar-refractivity contribution is 0.0666. The van der Waals surface area contributed by atoms with Gasteiger partial charge in [0.15, 0.2) is 11.6 Å². The molecule has 0 unspecified atom stereocenters. The van der Waals surface area contributed by atoms with Gasteiger partial charge in [0.05, 0.1) is 19.7 Å². The Hall–Kier alpha value is -3.42. The van der Waals surface area contributed by atoms with Gasteiger partial charge < -0.3 is 19.2 Å². The average Bonchev–Trinajstić information content (AvgIpc) is 3.09. The normalized spacial score (nSPS) is 15.9. The lowest BCUT2D eigenvalue weighted by atomic mass is 10.0. The number of methoxy groups -OCH3 is 1. The van der Waals surface area contributed by atoms with Gasteiger partial charge in [0.1, 0.15) is 11.5 Å². The van der Waals surface area contributed by atoms with Gasteiger partial charge in [-0.25, -0.2) is 0 Å². The second kappa shape index (κ2) is 7.30. The van der Waals surface area contributed by atoms with Gasteiger partial charge in [0, 0.05) is 18.8 Å². The van der Waals surface area contributed by atoms with Gasteiger partial charge >= 0.3 is 0 Å². The van der Waals surface area contributed by atoms with Gasteiger partial charge in [0.2, 0.25) is 5.43 Å². The lowest BCUT2D eigenvalue weighted by Crippen LogP contribution is -2.42. The van der Waals surface area contributed by atoms with Crippen molar-refractivity contribution in [3.8, 4) is 5.75 Å². The number of ether oxygens (including phenoxy) is 1. The molecule has 2 aromatic heterocycles. The van der Waals surface area contributed by atoms with Gasteiger partial charge in [-0.1, -0.05) is 30.3 Å². The van der Waals surface area contributed by atoms with Crippen molar-refractivity contribution < 1.29 is 9.53 Å². The van der Waals surface area contributed by atoms with Crippen molar-refractivity contribution >= 4 is 5.91 Å². The number of aromatic amines is 1. The van der Waals surface area contributed by atoms with Crippen molar-refractivity contribution in [2.45, 2.75) is 25.9 Å². The molecule has 28 heavy (non-hydrogen) atoms. The highest BCUT2D eigenvalue weighted by Gasteiger charge is 2.31. The van der Waals surface area contributed by atoms with Crippen molar-refractivity contribution in [1.29, 1.82) is 0 Å². The Morgan fingerprint density at radius 3 is 2.79 bits per heavy atom. The maximum atomic E-state index is 13.0. The quantitative estimate of drug-likeness (QED) is 0.745. The highest BCUT2D eigenvalue weighted by molar-refractivity contribution is 5.92. The Kier molecular flexibility index (Phi) is 4.68. The van der Waals surface area contributed by atoms with Crippen LogP contribution >= 0.6 is 0 Å². The summed E-state index contributed by atoms with van der Waals surface area (Å²) < 4.78 is 7.07. The van der Waals surface area contributed by atoms with E-state index in [1.165, 1.54) is 24.9 Å². The number of aromatic nitrogens is 4. The summed E-state index contributed by atoms with van der Waals surface area (Å²) in [6.45, 7) is 2.78. The van der Waals surface area contributed by atoms with Crippen LogP contribution in [0.1, 0.15) is 33.7 Å². The fourth-order valence-corrected chi connectivity index (χ4v) is 3.68. The molecule has 8 nitrogen and oxygen atoms in total. The molecule has 3 aromatic rings. The monoisotopic (exact) mass is 379 g/mol. The fourth-order valence-electron chi connectivity index (χ4n) is 3.68. The number of benzene rings is 1. The third-order valence-electron chi connectivity index (χ3n) is 4.99. The van der Waals surface area contributed by atoms with E-state index < -0.39 is 0 Å². The van der Waals surface area contributed by atoms with E-state index in [1.54, 1.807) is 4.90 Å².